The summed E-state index contributed by atoms with van der Waals surface area (Å²) in [5, 5.41) is 2.66. The van der Waals surface area contributed by atoms with Crippen LogP contribution >= 0.6 is 38.9 Å². The molecule has 0 aliphatic rings. The van der Waals surface area contributed by atoms with Gasteiger partial charge in [0.15, 0.2) is 0 Å². The van der Waals surface area contributed by atoms with Gasteiger partial charge in [-0.15, -0.1) is 22.9 Å². The van der Waals surface area contributed by atoms with Crippen molar-refractivity contribution >= 4 is 49.1 Å². The highest BCUT2D eigenvalue weighted by molar-refractivity contribution is 9.10. The van der Waals surface area contributed by atoms with Gasteiger partial charge < -0.3 is 4.98 Å². The average molecular weight is 398 g/mol. The Kier molecular flexibility index (Phi) is 4.66. The first kappa shape index (κ1) is 15.7. The van der Waals surface area contributed by atoms with E-state index >= 15 is 0 Å². The summed E-state index contributed by atoms with van der Waals surface area (Å²) in [5.74, 6) is 1.27. The van der Waals surface area contributed by atoms with Gasteiger partial charge in [-0.1, -0.05) is 33.6 Å². The Bertz CT molecular complexity index is 887. The van der Waals surface area contributed by atoms with Crippen LogP contribution in [0.4, 0.5) is 0 Å². The van der Waals surface area contributed by atoms with Crippen molar-refractivity contribution in [3.05, 3.63) is 49.8 Å². The van der Waals surface area contributed by atoms with Crippen molar-refractivity contribution < 1.29 is 0 Å². The van der Waals surface area contributed by atoms with E-state index in [2.05, 4.69) is 32.0 Å². The van der Waals surface area contributed by atoms with E-state index in [9.17, 15) is 4.79 Å². The van der Waals surface area contributed by atoms with Crippen molar-refractivity contribution in [3.63, 3.8) is 0 Å². The van der Waals surface area contributed by atoms with Crippen LogP contribution in [0.3, 0.4) is 0 Å². The summed E-state index contributed by atoms with van der Waals surface area (Å²) in [5.41, 5.74) is 3.01. The highest BCUT2D eigenvalue weighted by atomic mass is 79.9. The largest absolute Gasteiger partial charge is 0.310 e. The van der Waals surface area contributed by atoms with E-state index in [1.165, 1.54) is 11.3 Å². The Balaban J connectivity index is 2.17. The zero-order valence-electron chi connectivity index (χ0n) is 12.0. The third kappa shape index (κ3) is 2.98. The molecule has 2 aromatic heterocycles. The number of aromatic amines is 1. The Labute approximate surface area is 145 Å². The van der Waals surface area contributed by atoms with Gasteiger partial charge in [0.05, 0.1) is 5.39 Å². The Morgan fingerprint density at radius 1 is 1.36 bits per heavy atom. The third-order valence-corrected chi connectivity index (χ3v) is 5.28. The minimum atomic E-state index is -0.0840. The summed E-state index contributed by atoms with van der Waals surface area (Å²) in [4.78, 5) is 20.7. The second kappa shape index (κ2) is 6.52. The molecule has 0 atom stereocenters. The molecule has 0 aliphatic carbocycles. The zero-order chi connectivity index (χ0) is 15.7. The van der Waals surface area contributed by atoms with Gasteiger partial charge in [0.25, 0.3) is 5.56 Å². The zero-order valence-corrected chi connectivity index (χ0v) is 15.1. The van der Waals surface area contributed by atoms with Crippen LogP contribution in [0.5, 0.6) is 0 Å². The molecule has 0 spiro atoms. The van der Waals surface area contributed by atoms with Gasteiger partial charge in [-0.25, -0.2) is 4.98 Å². The molecule has 0 saturated carbocycles. The number of halogens is 2. The van der Waals surface area contributed by atoms with E-state index in [0.717, 1.165) is 32.4 Å². The number of alkyl halides is 1. The van der Waals surface area contributed by atoms with Crippen molar-refractivity contribution in [2.24, 2.45) is 0 Å². The number of aromatic nitrogens is 2. The molecule has 22 heavy (non-hydrogen) atoms. The lowest BCUT2D eigenvalue weighted by Crippen LogP contribution is -2.11. The van der Waals surface area contributed by atoms with E-state index < -0.39 is 0 Å². The van der Waals surface area contributed by atoms with Gasteiger partial charge in [-0.05, 0) is 25.0 Å². The van der Waals surface area contributed by atoms with Crippen LogP contribution in [0.2, 0.25) is 0 Å². The summed E-state index contributed by atoms with van der Waals surface area (Å²) in [7, 11) is 0. The maximum atomic E-state index is 12.5. The van der Waals surface area contributed by atoms with E-state index in [-0.39, 0.29) is 5.56 Å². The van der Waals surface area contributed by atoms with Crippen LogP contribution in [-0.2, 0) is 6.42 Å². The molecule has 2 heterocycles. The van der Waals surface area contributed by atoms with Crippen molar-refractivity contribution in [2.45, 2.75) is 19.8 Å². The van der Waals surface area contributed by atoms with Crippen LogP contribution in [0, 0.1) is 6.92 Å². The number of hydrogen-bond acceptors (Lipinski definition) is 3. The van der Waals surface area contributed by atoms with Crippen LogP contribution in [0.25, 0.3) is 21.3 Å². The molecule has 3 rings (SSSR count). The van der Waals surface area contributed by atoms with Crippen molar-refractivity contribution in [1.82, 2.24) is 9.97 Å². The quantitative estimate of drug-likeness (QED) is 0.637. The van der Waals surface area contributed by atoms with Crippen molar-refractivity contribution in [2.75, 3.05) is 5.88 Å². The summed E-state index contributed by atoms with van der Waals surface area (Å²) >= 11 is 10.8. The number of nitrogens with one attached hydrogen (secondary N) is 1. The predicted molar refractivity (Wildman–Crippen MR) is 97.2 cm³/mol. The number of rotatable bonds is 4. The molecule has 0 amide bonds. The van der Waals surface area contributed by atoms with Crippen LogP contribution in [0.1, 0.15) is 17.8 Å². The number of hydrogen-bond donors (Lipinski definition) is 1. The van der Waals surface area contributed by atoms with Crippen LogP contribution < -0.4 is 5.56 Å². The number of benzene rings is 1. The van der Waals surface area contributed by atoms with Crippen LogP contribution in [0.15, 0.2) is 32.8 Å². The van der Waals surface area contributed by atoms with Gasteiger partial charge in [0, 0.05) is 27.7 Å². The Morgan fingerprint density at radius 3 is 2.95 bits per heavy atom. The number of thiophene rings is 1. The highest BCUT2D eigenvalue weighted by Gasteiger charge is 2.15. The molecule has 0 aliphatic heterocycles. The van der Waals surface area contributed by atoms with Gasteiger partial charge >= 0.3 is 0 Å². The normalized spacial score (nSPS) is 11.2. The molecular formula is C16H14BrClN2OS. The molecule has 3 aromatic rings. The molecular weight excluding hydrogens is 384 g/mol. The molecule has 1 aromatic carbocycles. The van der Waals surface area contributed by atoms with Gasteiger partial charge in [-0.2, -0.15) is 0 Å². The molecule has 0 fully saturated rings. The summed E-state index contributed by atoms with van der Waals surface area (Å²) in [6, 6.07) is 6.12. The molecule has 0 unspecified atom stereocenters. The first-order valence-corrected chi connectivity index (χ1v) is 9.13. The average Bonchev–Trinajstić information content (AvgIpc) is 2.92. The Morgan fingerprint density at radius 2 is 2.18 bits per heavy atom. The smallest absolute Gasteiger partial charge is 0.260 e. The monoisotopic (exact) mass is 396 g/mol. The lowest BCUT2D eigenvalue weighted by atomic mass is 10.0. The maximum absolute atomic E-state index is 12.5. The molecule has 0 bridgehead atoms. The second-order valence-corrected chi connectivity index (χ2v) is 7.21. The van der Waals surface area contributed by atoms with E-state index in [0.29, 0.717) is 23.5 Å². The van der Waals surface area contributed by atoms with Gasteiger partial charge in [0.2, 0.25) is 0 Å². The molecule has 0 radical (unpaired) electrons. The molecule has 114 valence electrons. The fraction of sp³-hybridized carbons (Fsp3) is 0.250. The van der Waals surface area contributed by atoms with E-state index in [1.807, 2.05) is 24.4 Å². The molecule has 3 nitrogen and oxygen atoms in total. The number of aryl methyl sites for hydroxylation is 2. The summed E-state index contributed by atoms with van der Waals surface area (Å²) in [6.45, 7) is 2.04. The van der Waals surface area contributed by atoms with Gasteiger partial charge in [-0.3, -0.25) is 4.79 Å². The van der Waals surface area contributed by atoms with Crippen LogP contribution in [-0.4, -0.2) is 15.8 Å². The van der Waals surface area contributed by atoms with Crippen molar-refractivity contribution in [3.8, 4) is 11.1 Å². The van der Waals surface area contributed by atoms with Crippen molar-refractivity contribution in [1.29, 1.82) is 0 Å². The highest BCUT2D eigenvalue weighted by Crippen LogP contribution is 2.35. The van der Waals surface area contributed by atoms with E-state index in [1.54, 1.807) is 0 Å². The molecule has 0 saturated heterocycles. The number of nitrogens with zero attached hydrogens (tertiary/aromatic N) is 1. The first-order chi connectivity index (χ1) is 10.6. The fourth-order valence-electron chi connectivity index (χ4n) is 2.39. The first-order valence-electron chi connectivity index (χ1n) is 6.93. The third-order valence-electron chi connectivity index (χ3n) is 3.45. The van der Waals surface area contributed by atoms with E-state index in [4.69, 9.17) is 11.6 Å². The SMILES string of the molecule is Cc1ccc(Br)c(-c2csc3nc(CCCCl)[nH]c(=O)c23)c1. The maximum Gasteiger partial charge on any atom is 0.260 e. The Hall–Kier alpha value is -1.17. The topological polar surface area (TPSA) is 45.8 Å². The molecule has 1 N–H and O–H groups in total. The minimum Gasteiger partial charge on any atom is -0.310 e. The number of H-pyrrole nitrogens is 1. The molecule has 6 heteroatoms. The lowest BCUT2D eigenvalue weighted by Gasteiger charge is -2.05. The minimum absolute atomic E-state index is 0.0840. The summed E-state index contributed by atoms with van der Waals surface area (Å²) < 4.78 is 0.975. The van der Waals surface area contributed by atoms with Gasteiger partial charge in [0.1, 0.15) is 10.7 Å². The summed E-state index contributed by atoms with van der Waals surface area (Å²) in [6.07, 6.45) is 1.49. The predicted octanol–water partition coefficient (Wildman–Crippen LogP) is 4.89. The standard InChI is InChI=1S/C16H14BrClN2OS/c1-9-4-5-12(17)10(7-9)11-8-22-16-14(11)15(21)19-13(20-16)3-2-6-18/h4-5,7-8H,2-3,6H2,1H3,(H,19,20,21). The lowest BCUT2D eigenvalue weighted by molar-refractivity contribution is 0.843. The number of fused-ring (bicyclic) bond motifs is 1. The fourth-order valence-corrected chi connectivity index (χ4v) is 3.94. The second-order valence-electron chi connectivity index (χ2n) is 5.12.